The zero-order chi connectivity index (χ0) is 9.14. The maximum atomic E-state index is 12.2. The minimum atomic E-state index is -2.71. The second-order valence-corrected chi connectivity index (χ2v) is 2.23. The highest BCUT2D eigenvalue weighted by Gasteiger charge is 2.16. The van der Waals surface area contributed by atoms with Crippen molar-refractivity contribution in [2.45, 2.75) is 6.43 Å². The normalized spacial score (nSPS) is 10.4. The SMILES string of the molecule is COc1cnc(Cl)nc1C(F)F. The molecule has 0 unspecified atom stereocenters. The van der Waals surface area contributed by atoms with Crippen LogP contribution in [-0.4, -0.2) is 17.1 Å². The molecular weight excluding hydrogens is 190 g/mol. The molecule has 0 bridgehead atoms. The van der Waals surface area contributed by atoms with Crippen molar-refractivity contribution < 1.29 is 13.5 Å². The molecule has 0 N–H and O–H groups in total. The lowest BCUT2D eigenvalue weighted by Crippen LogP contribution is -1.97. The van der Waals surface area contributed by atoms with Crippen molar-refractivity contribution in [1.82, 2.24) is 9.97 Å². The predicted octanol–water partition coefficient (Wildman–Crippen LogP) is 2.08. The van der Waals surface area contributed by atoms with E-state index in [2.05, 4.69) is 14.7 Å². The van der Waals surface area contributed by atoms with Crippen LogP contribution in [0.3, 0.4) is 0 Å². The summed E-state index contributed by atoms with van der Waals surface area (Å²) in [7, 11) is 1.26. The third kappa shape index (κ3) is 1.79. The van der Waals surface area contributed by atoms with Gasteiger partial charge in [-0.15, -0.1) is 0 Å². The minimum Gasteiger partial charge on any atom is -0.493 e. The molecule has 1 aromatic heterocycles. The fraction of sp³-hybridized carbons (Fsp3) is 0.333. The molecule has 0 aromatic carbocycles. The van der Waals surface area contributed by atoms with E-state index >= 15 is 0 Å². The van der Waals surface area contributed by atoms with Crippen LogP contribution in [-0.2, 0) is 0 Å². The Kier molecular flexibility index (Phi) is 2.75. The van der Waals surface area contributed by atoms with E-state index < -0.39 is 12.1 Å². The van der Waals surface area contributed by atoms with E-state index in [1.165, 1.54) is 7.11 Å². The van der Waals surface area contributed by atoms with E-state index in [-0.39, 0.29) is 11.0 Å². The fourth-order valence-electron chi connectivity index (χ4n) is 0.675. The lowest BCUT2D eigenvalue weighted by molar-refractivity contribution is 0.141. The van der Waals surface area contributed by atoms with Gasteiger partial charge >= 0.3 is 0 Å². The second-order valence-electron chi connectivity index (χ2n) is 1.89. The lowest BCUT2D eigenvalue weighted by atomic mass is 10.4. The van der Waals surface area contributed by atoms with Crippen molar-refractivity contribution in [3.8, 4) is 5.75 Å². The van der Waals surface area contributed by atoms with Crippen LogP contribution >= 0.6 is 11.6 Å². The zero-order valence-corrected chi connectivity index (χ0v) is 6.85. The summed E-state index contributed by atoms with van der Waals surface area (Å²) < 4.78 is 28.9. The van der Waals surface area contributed by atoms with Crippen molar-refractivity contribution in [1.29, 1.82) is 0 Å². The Morgan fingerprint density at radius 2 is 2.25 bits per heavy atom. The molecule has 0 spiro atoms. The molecule has 0 fully saturated rings. The summed E-state index contributed by atoms with van der Waals surface area (Å²) in [6.07, 6.45) is -1.60. The Morgan fingerprint density at radius 1 is 1.58 bits per heavy atom. The molecule has 12 heavy (non-hydrogen) atoms. The zero-order valence-electron chi connectivity index (χ0n) is 6.09. The van der Waals surface area contributed by atoms with Crippen LogP contribution in [0.4, 0.5) is 8.78 Å². The van der Waals surface area contributed by atoms with Crippen LogP contribution in [0.2, 0.25) is 5.28 Å². The van der Waals surface area contributed by atoms with Crippen molar-refractivity contribution in [3.63, 3.8) is 0 Å². The first-order chi connectivity index (χ1) is 5.65. The summed E-state index contributed by atoms with van der Waals surface area (Å²) in [6, 6.07) is 0. The molecule has 1 rings (SSSR count). The van der Waals surface area contributed by atoms with Crippen molar-refractivity contribution in [3.05, 3.63) is 17.2 Å². The van der Waals surface area contributed by atoms with Gasteiger partial charge in [-0.1, -0.05) is 0 Å². The number of hydrogen-bond donors (Lipinski definition) is 0. The highest BCUT2D eigenvalue weighted by Crippen LogP contribution is 2.26. The molecule has 0 aliphatic heterocycles. The van der Waals surface area contributed by atoms with Crippen molar-refractivity contribution in [2.75, 3.05) is 7.11 Å². The van der Waals surface area contributed by atoms with Gasteiger partial charge in [0.15, 0.2) is 11.4 Å². The molecule has 0 aliphatic carbocycles. The van der Waals surface area contributed by atoms with E-state index in [4.69, 9.17) is 11.6 Å². The summed E-state index contributed by atoms with van der Waals surface area (Å²) in [4.78, 5) is 6.81. The van der Waals surface area contributed by atoms with Crippen LogP contribution in [0.5, 0.6) is 5.75 Å². The van der Waals surface area contributed by atoms with Gasteiger partial charge in [-0.3, -0.25) is 0 Å². The molecule has 0 saturated carbocycles. The number of halogens is 3. The van der Waals surface area contributed by atoms with Crippen LogP contribution in [0.1, 0.15) is 12.1 Å². The average Bonchev–Trinajstić information content (AvgIpc) is 2.04. The molecule has 1 aromatic rings. The summed E-state index contributed by atoms with van der Waals surface area (Å²) in [6.45, 7) is 0. The van der Waals surface area contributed by atoms with E-state index in [1.54, 1.807) is 0 Å². The van der Waals surface area contributed by atoms with E-state index in [1.807, 2.05) is 0 Å². The second kappa shape index (κ2) is 3.62. The highest BCUT2D eigenvalue weighted by atomic mass is 35.5. The van der Waals surface area contributed by atoms with Crippen LogP contribution in [0.15, 0.2) is 6.20 Å². The molecule has 1 heterocycles. The van der Waals surface area contributed by atoms with Crippen LogP contribution < -0.4 is 4.74 Å². The number of alkyl halides is 2. The highest BCUT2D eigenvalue weighted by molar-refractivity contribution is 6.28. The smallest absolute Gasteiger partial charge is 0.284 e. The Morgan fingerprint density at radius 3 is 2.75 bits per heavy atom. The average molecular weight is 195 g/mol. The largest absolute Gasteiger partial charge is 0.493 e. The van der Waals surface area contributed by atoms with Gasteiger partial charge in [0.05, 0.1) is 13.3 Å². The van der Waals surface area contributed by atoms with E-state index in [0.29, 0.717) is 0 Å². The Labute approximate surface area is 72.3 Å². The summed E-state index contributed by atoms with van der Waals surface area (Å²) in [5, 5.41) is -0.217. The topological polar surface area (TPSA) is 35.0 Å². The summed E-state index contributed by atoms with van der Waals surface area (Å²) >= 11 is 5.31. The van der Waals surface area contributed by atoms with Crippen molar-refractivity contribution in [2.24, 2.45) is 0 Å². The van der Waals surface area contributed by atoms with E-state index in [0.717, 1.165) is 6.20 Å². The predicted molar refractivity (Wildman–Crippen MR) is 38.6 cm³/mol. The first kappa shape index (κ1) is 9.12. The summed E-state index contributed by atoms with van der Waals surface area (Å²) in [5.41, 5.74) is -0.488. The number of aromatic nitrogens is 2. The maximum Gasteiger partial charge on any atom is 0.284 e. The van der Waals surface area contributed by atoms with Gasteiger partial charge in [0.2, 0.25) is 5.28 Å². The van der Waals surface area contributed by atoms with Gasteiger partial charge in [-0.05, 0) is 11.6 Å². The first-order valence-corrected chi connectivity index (χ1v) is 3.37. The molecule has 0 radical (unpaired) electrons. The standard InChI is InChI=1S/C6H5ClF2N2O/c1-12-3-2-10-6(7)11-4(3)5(8)9/h2,5H,1H3. The number of hydrogen-bond acceptors (Lipinski definition) is 3. The van der Waals surface area contributed by atoms with Gasteiger partial charge in [0.1, 0.15) is 0 Å². The Bertz CT molecular complexity index is 282. The quantitative estimate of drug-likeness (QED) is 0.676. The number of nitrogens with zero attached hydrogens (tertiary/aromatic N) is 2. The molecule has 0 amide bonds. The molecule has 0 saturated heterocycles. The first-order valence-electron chi connectivity index (χ1n) is 2.99. The van der Waals surface area contributed by atoms with Crippen LogP contribution in [0.25, 0.3) is 0 Å². The number of ether oxygens (including phenoxy) is 1. The fourth-order valence-corrected chi connectivity index (χ4v) is 0.815. The third-order valence-electron chi connectivity index (χ3n) is 1.18. The summed E-state index contributed by atoms with van der Waals surface area (Å²) in [5.74, 6) is -0.0607. The Hall–Kier alpha value is -0.970. The number of methoxy groups -OCH3 is 1. The van der Waals surface area contributed by atoms with Gasteiger partial charge in [0.25, 0.3) is 6.43 Å². The number of rotatable bonds is 2. The molecule has 0 atom stereocenters. The monoisotopic (exact) mass is 194 g/mol. The maximum absolute atomic E-state index is 12.2. The molecular formula is C6H5ClF2N2O. The molecule has 3 nitrogen and oxygen atoms in total. The lowest BCUT2D eigenvalue weighted by Gasteiger charge is -2.04. The molecule has 0 aliphatic rings. The van der Waals surface area contributed by atoms with Gasteiger partial charge in [0, 0.05) is 0 Å². The van der Waals surface area contributed by atoms with Gasteiger partial charge in [-0.2, -0.15) is 0 Å². The van der Waals surface area contributed by atoms with E-state index in [9.17, 15) is 8.78 Å². The molecule has 6 heteroatoms. The van der Waals surface area contributed by atoms with Crippen molar-refractivity contribution >= 4 is 11.6 Å². The van der Waals surface area contributed by atoms with Crippen LogP contribution in [0, 0.1) is 0 Å². The third-order valence-corrected chi connectivity index (χ3v) is 1.36. The van der Waals surface area contributed by atoms with Gasteiger partial charge in [-0.25, -0.2) is 18.7 Å². The Balaban J connectivity index is 3.12. The van der Waals surface area contributed by atoms with Gasteiger partial charge < -0.3 is 4.74 Å². The minimum absolute atomic E-state index is 0.0607. The molecule has 66 valence electrons.